The molecule has 2 rings (SSSR count). The average Bonchev–Trinajstić information content (AvgIpc) is 2.65. The van der Waals surface area contributed by atoms with Gasteiger partial charge in [0.1, 0.15) is 48.7 Å². The van der Waals surface area contributed by atoms with Crippen LogP contribution in [0.15, 0.2) is 0 Å². The van der Waals surface area contributed by atoms with Crippen LogP contribution in [-0.4, -0.2) is 117 Å². The number of nitrogens with one attached hydrogen (secondary N) is 2. The zero-order valence-electron chi connectivity index (χ0n) is 15.9. The van der Waals surface area contributed by atoms with Crippen molar-refractivity contribution in [3.8, 4) is 0 Å². The van der Waals surface area contributed by atoms with Gasteiger partial charge in [0.25, 0.3) is 0 Å². The van der Waals surface area contributed by atoms with Crippen molar-refractivity contribution >= 4 is 11.8 Å². The van der Waals surface area contributed by atoms with Crippen LogP contribution in [0.3, 0.4) is 0 Å². The van der Waals surface area contributed by atoms with Crippen molar-refractivity contribution in [2.45, 2.75) is 75.1 Å². The first-order chi connectivity index (χ1) is 13.6. The van der Waals surface area contributed by atoms with E-state index in [1.165, 1.54) is 0 Å². The van der Waals surface area contributed by atoms with E-state index in [2.05, 4.69) is 10.6 Å². The van der Waals surface area contributed by atoms with E-state index in [-0.39, 0.29) is 0 Å². The lowest BCUT2D eigenvalue weighted by atomic mass is 9.94. The molecule has 2 amide bonds. The number of aliphatic hydroxyl groups is 6. The van der Waals surface area contributed by atoms with Crippen molar-refractivity contribution in [2.24, 2.45) is 0 Å². The summed E-state index contributed by atoms with van der Waals surface area (Å²) >= 11 is 0. The van der Waals surface area contributed by atoms with Gasteiger partial charge in [-0.1, -0.05) is 0 Å². The smallest absolute Gasteiger partial charge is 0.217 e. The van der Waals surface area contributed by atoms with Gasteiger partial charge in [-0.3, -0.25) is 9.59 Å². The molecule has 2 saturated heterocycles. The Morgan fingerprint density at radius 3 is 1.90 bits per heavy atom. The predicted molar refractivity (Wildman–Crippen MR) is 91.8 cm³/mol. The Bertz CT molecular complexity index is 579. The van der Waals surface area contributed by atoms with Crippen LogP contribution in [0.2, 0.25) is 0 Å². The second kappa shape index (κ2) is 10.1. The van der Waals surface area contributed by atoms with E-state index in [1.54, 1.807) is 0 Å². The zero-order chi connectivity index (χ0) is 21.9. The number of ether oxygens (including phenoxy) is 3. The van der Waals surface area contributed by atoms with Crippen LogP contribution in [-0.2, 0) is 23.8 Å². The quantitative estimate of drug-likeness (QED) is 0.202. The van der Waals surface area contributed by atoms with Gasteiger partial charge >= 0.3 is 0 Å². The van der Waals surface area contributed by atoms with Crippen molar-refractivity contribution < 1.29 is 54.4 Å². The summed E-state index contributed by atoms with van der Waals surface area (Å²) in [4.78, 5) is 22.8. The Labute approximate surface area is 166 Å². The summed E-state index contributed by atoms with van der Waals surface area (Å²) in [7, 11) is 0. The van der Waals surface area contributed by atoms with Gasteiger partial charge in [0, 0.05) is 13.8 Å². The lowest BCUT2D eigenvalue weighted by Crippen LogP contribution is -2.69. The molecule has 8 N–H and O–H groups in total. The van der Waals surface area contributed by atoms with Crippen molar-refractivity contribution in [3.05, 3.63) is 0 Å². The molecular formula is C16H28N2O11. The number of carbonyl (C=O) groups excluding carboxylic acids is 2. The molecule has 29 heavy (non-hydrogen) atoms. The molecule has 0 spiro atoms. The van der Waals surface area contributed by atoms with Gasteiger partial charge in [-0.25, -0.2) is 0 Å². The number of rotatable bonds is 6. The average molecular weight is 424 g/mol. The van der Waals surface area contributed by atoms with Crippen LogP contribution in [0.25, 0.3) is 0 Å². The van der Waals surface area contributed by atoms with Crippen LogP contribution in [0.4, 0.5) is 0 Å². The summed E-state index contributed by atoms with van der Waals surface area (Å²) in [6, 6.07) is -2.59. The lowest BCUT2D eigenvalue weighted by Gasteiger charge is -2.47. The van der Waals surface area contributed by atoms with Gasteiger partial charge in [0.05, 0.1) is 13.2 Å². The van der Waals surface area contributed by atoms with Gasteiger partial charge in [-0.05, 0) is 0 Å². The maximum atomic E-state index is 11.5. The SMILES string of the molecule is CC(=O)NC1C(O)[C@H](O)C(CO)O[C@H]1O[C@@H]1C(CO)O[C@H](O)C(NC(C)=O)C1O. The largest absolute Gasteiger partial charge is 0.394 e. The second-order valence-electron chi connectivity index (χ2n) is 7.00. The van der Waals surface area contributed by atoms with Crippen LogP contribution in [0.5, 0.6) is 0 Å². The molecule has 0 saturated carbocycles. The van der Waals surface area contributed by atoms with E-state index < -0.39 is 86.3 Å². The molecule has 6 unspecified atom stereocenters. The predicted octanol–water partition coefficient (Wildman–Crippen LogP) is -5.11. The minimum Gasteiger partial charge on any atom is -0.394 e. The van der Waals surface area contributed by atoms with Gasteiger partial charge in [-0.2, -0.15) is 0 Å². The Balaban J connectivity index is 2.26. The first-order valence-corrected chi connectivity index (χ1v) is 9.05. The first-order valence-electron chi connectivity index (χ1n) is 9.05. The third kappa shape index (κ3) is 5.39. The summed E-state index contributed by atoms with van der Waals surface area (Å²) in [6.07, 6.45) is -11.7. The van der Waals surface area contributed by atoms with E-state index in [0.29, 0.717) is 0 Å². The molecular weight excluding hydrogens is 396 g/mol. The molecule has 0 aliphatic carbocycles. The fourth-order valence-electron chi connectivity index (χ4n) is 3.38. The molecule has 10 atom stereocenters. The molecule has 2 heterocycles. The highest BCUT2D eigenvalue weighted by molar-refractivity contribution is 5.73. The molecule has 13 heteroatoms. The van der Waals surface area contributed by atoms with Crippen LogP contribution >= 0.6 is 0 Å². The van der Waals surface area contributed by atoms with Gasteiger partial charge in [-0.15, -0.1) is 0 Å². The van der Waals surface area contributed by atoms with Crippen molar-refractivity contribution in [1.82, 2.24) is 10.6 Å². The number of aliphatic hydroxyl groups excluding tert-OH is 6. The Morgan fingerprint density at radius 2 is 1.38 bits per heavy atom. The van der Waals surface area contributed by atoms with Crippen LogP contribution in [0.1, 0.15) is 13.8 Å². The third-order valence-electron chi connectivity index (χ3n) is 4.78. The standard InChI is InChI=1S/C16H28N2O11/c1-5(21)17-9-13(25)14(8(4-20)27-15(9)26)29-16-10(18-6(2)22)12(24)11(23)7(3-19)28-16/h7-16,19-20,23-26H,3-4H2,1-2H3,(H,17,21)(H,18,22)/t7?,8?,9?,10?,11-,12?,13?,14-,15+,16+/m1/s1. The molecule has 2 fully saturated rings. The monoisotopic (exact) mass is 424 g/mol. The summed E-state index contributed by atoms with van der Waals surface area (Å²) in [5.41, 5.74) is 0. The van der Waals surface area contributed by atoms with Gasteiger partial charge < -0.3 is 55.5 Å². The third-order valence-corrected chi connectivity index (χ3v) is 4.78. The van der Waals surface area contributed by atoms with Gasteiger partial charge in [0.2, 0.25) is 11.8 Å². The number of hydrogen-bond donors (Lipinski definition) is 8. The minimum atomic E-state index is -1.64. The lowest BCUT2D eigenvalue weighted by molar-refractivity contribution is -0.327. The highest BCUT2D eigenvalue weighted by Crippen LogP contribution is 2.28. The van der Waals surface area contributed by atoms with Crippen LogP contribution < -0.4 is 10.6 Å². The zero-order valence-corrected chi connectivity index (χ0v) is 15.9. The number of amides is 2. The second-order valence-corrected chi connectivity index (χ2v) is 7.00. The normalized spacial score (nSPS) is 42.9. The van der Waals surface area contributed by atoms with Crippen molar-refractivity contribution in [3.63, 3.8) is 0 Å². The first kappa shape index (κ1) is 23.9. The molecule has 13 nitrogen and oxygen atoms in total. The topological polar surface area (TPSA) is 207 Å². The molecule has 2 aliphatic rings. The summed E-state index contributed by atoms with van der Waals surface area (Å²) in [5, 5.41) is 64.5. The molecule has 168 valence electrons. The highest BCUT2D eigenvalue weighted by atomic mass is 16.7. The van der Waals surface area contributed by atoms with E-state index in [4.69, 9.17) is 14.2 Å². The number of carbonyl (C=O) groups is 2. The molecule has 0 bridgehead atoms. The molecule has 0 aromatic rings. The fraction of sp³-hybridized carbons (Fsp3) is 0.875. The molecule has 0 aromatic carbocycles. The van der Waals surface area contributed by atoms with E-state index >= 15 is 0 Å². The van der Waals surface area contributed by atoms with Crippen molar-refractivity contribution in [2.75, 3.05) is 13.2 Å². The minimum absolute atomic E-state index is 0.568. The Kier molecular flexibility index (Phi) is 8.28. The van der Waals surface area contributed by atoms with E-state index in [9.17, 15) is 40.2 Å². The van der Waals surface area contributed by atoms with E-state index in [1.807, 2.05) is 0 Å². The van der Waals surface area contributed by atoms with Crippen LogP contribution in [0, 0.1) is 0 Å². The summed E-state index contributed by atoms with van der Waals surface area (Å²) in [6.45, 7) is 0.962. The van der Waals surface area contributed by atoms with Crippen molar-refractivity contribution in [1.29, 1.82) is 0 Å². The van der Waals surface area contributed by atoms with Gasteiger partial charge in [0.15, 0.2) is 12.6 Å². The Morgan fingerprint density at radius 1 is 0.828 bits per heavy atom. The maximum absolute atomic E-state index is 11.5. The fourth-order valence-corrected chi connectivity index (χ4v) is 3.38. The number of hydrogen-bond acceptors (Lipinski definition) is 11. The maximum Gasteiger partial charge on any atom is 0.217 e. The summed E-state index contributed by atoms with van der Waals surface area (Å²) < 4.78 is 16.3. The molecule has 0 aromatic heterocycles. The summed E-state index contributed by atoms with van der Waals surface area (Å²) in [5.74, 6) is -1.14. The Hall–Kier alpha value is -1.42. The van der Waals surface area contributed by atoms with E-state index in [0.717, 1.165) is 13.8 Å². The highest BCUT2D eigenvalue weighted by Gasteiger charge is 2.51. The molecule has 2 aliphatic heterocycles. The molecule has 0 radical (unpaired) electrons.